The first-order valence-corrected chi connectivity index (χ1v) is 5.51. The highest BCUT2D eigenvalue weighted by molar-refractivity contribution is 5.95. The SMILES string of the molecule is O=C1COc2ccc(OC(=O)C3CC3)cc2N1. The standard InChI is InChI=1S/C12H11NO4/c14-11-6-16-10-4-3-8(5-9(10)13-11)17-12(15)7-1-2-7/h3-5,7H,1-2,6H2,(H,13,14). The van der Waals surface area contributed by atoms with Crippen LogP contribution in [0.15, 0.2) is 18.2 Å². The van der Waals surface area contributed by atoms with Crippen LogP contribution in [-0.2, 0) is 9.59 Å². The predicted octanol–water partition coefficient (Wildman–Crippen LogP) is 1.33. The van der Waals surface area contributed by atoms with Crippen molar-refractivity contribution < 1.29 is 19.1 Å². The molecular formula is C12H11NO4. The summed E-state index contributed by atoms with van der Waals surface area (Å²) in [4.78, 5) is 22.6. The van der Waals surface area contributed by atoms with Crippen LogP contribution in [-0.4, -0.2) is 18.5 Å². The summed E-state index contributed by atoms with van der Waals surface area (Å²) in [7, 11) is 0. The molecule has 2 aliphatic rings. The third-order valence-corrected chi connectivity index (χ3v) is 2.71. The Kier molecular flexibility index (Phi) is 2.24. The van der Waals surface area contributed by atoms with Crippen molar-refractivity contribution in [2.24, 2.45) is 5.92 Å². The molecule has 1 N–H and O–H groups in total. The zero-order valence-corrected chi connectivity index (χ0v) is 9.06. The molecule has 0 atom stereocenters. The van der Waals surface area contributed by atoms with E-state index >= 15 is 0 Å². The van der Waals surface area contributed by atoms with Crippen molar-refractivity contribution in [1.82, 2.24) is 0 Å². The van der Waals surface area contributed by atoms with E-state index in [0.29, 0.717) is 17.2 Å². The monoisotopic (exact) mass is 233 g/mol. The van der Waals surface area contributed by atoms with Gasteiger partial charge in [0, 0.05) is 6.07 Å². The topological polar surface area (TPSA) is 64.6 Å². The molecule has 1 aromatic carbocycles. The Balaban J connectivity index is 1.79. The van der Waals surface area contributed by atoms with Crippen molar-refractivity contribution in [2.75, 3.05) is 11.9 Å². The normalized spacial score (nSPS) is 17.8. The van der Waals surface area contributed by atoms with E-state index in [-0.39, 0.29) is 24.4 Å². The summed E-state index contributed by atoms with van der Waals surface area (Å²) in [5.41, 5.74) is 0.544. The molecule has 0 unspecified atom stereocenters. The van der Waals surface area contributed by atoms with Gasteiger partial charge in [0.15, 0.2) is 6.61 Å². The van der Waals surface area contributed by atoms with Crippen LogP contribution in [0.1, 0.15) is 12.8 Å². The first-order valence-electron chi connectivity index (χ1n) is 5.51. The number of anilines is 1. The van der Waals surface area contributed by atoms with E-state index in [1.54, 1.807) is 18.2 Å². The van der Waals surface area contributed by atoms with Gasteiger partial charge in [-0.1, -0.05) is 0 Å². The number of amides is 1. The fourth-order valence-corrected chi connectivity index (χ4v) is 1.64. The summed E-state index contributed by atoms with van der Waals surface area (Å²) in [5, 5.41) is 2.66. The van der Waals surface area contributed by atoms with Crippen LogP contribution in [0.3, 0.4) is 0 Å². The molecule has 1 fully saturated rings. The molecule has 17 heavy (non-hydrogen) atoms. The van der Waals surface area contributed by atoms with Crippen molar-refractivity contribution in [3.05, 3.63) is 18.2 Å². The molecule has 0 radical (unpaired) electrons. The predicted molar refractivity (Wildman–Crippen MR) is 58.9 cm³/mol. The van der Waals surface area contributed by atoms with Crippen LogP contribution in [0.2, 0.25) is 0 Å². The van der Waals surface area contributed by atoms with Crippen molar-refractivity contribution in [2.45, 2.75) is 12.8 Å². The summed E-state index contributed by atoms with van der Waals surface area (Å²) in [5.74, 6) is 0.676. The largest absolute Gasteiger partial charge is 0.482 e. The Labute approximate surface area is 97.7 Å². The van der Waals surface area contributed by atoms with Gasteiger partial charge in [-0.3, -0.25) is 9.59 Å². The van der Waals surface area contributed by atoms with Gasteiger partial charge in [0.1, 0.15) is 11.5 Å². The Hall–Kier alpha value is -2.04. The molecule has 5 heteroatoms. The molecule has 0 aromatic heterocycles. The molecule has 1 heterocycles. The highest BCUT2D eigenvalue weighted by Crippen LogP contribution is 2.34. The van der Waals surface area contributed by atoms with Crippen LogP contribution in [0.4, 0.5) is 5.69 Å². The molecular weight excluding hydrogens is 222 g/mol. The van der Waals surface area contributed by atoms with Gasteiger partial charge in [-0.05, 0) is 25.0 Å². The van der Waals surface area contributed by atoms with Gasteiger partial charge in [0.05, 0.1) is 11.6 Å². The van der Waals surface area contributed by atoms with Gasteiger partial charge in [-0.2, -0.15) is 0 Å². The van der Waals surface area contributed by atoms with E-state index in [4.69, 9.17) is 9.47 Å². The summed E-state index contributed by atoms with van der Waals surface area (Å²) in [6.07, 6.45) is 1.81. The zero-order chi connectivity index (χ0) is 11.8. The first-order chi connectivity index (χ1) is 8.22. The van der Waals surface area contributed by atoms with E-state index < -0.39 is 0 Å². The zero-order valence-electron chi connectivity index (χ0n) is 9.06. The van der Waals surface area contributed by atoms with Crippen LogP contribution < -0.4 is 14.8 Å². The van der Waals surface area contributed by atoms with Crippen molar-refractivity contribution in [3.63, 3.8) is 0 Å². The molecule has 5 nitrogen and oxygen atoms in total. The molecule has 0 bridgehead atoms. The second-order valence-electron chi connectivity index (χ2n) is 4.19. The Morgan fingerprint density at radius 1 is 1.41 bits per heavy atom. The molecule has 1 aliphatic carbocycles. The van der Waals surface area contributed by atoms with Gasteiger partial charge in [0.25, 0.3) is 5.91 Å². The number of rotatable bonds is 2. The Bertz CT molecular complexity index is 493. The summed E-state index contributed by atoms with van der Waals surface area (Å²) >= 11 is 0. The second kappa shape index (κ2) is 3.76. The van der Waals surface area contributed by atoms with Crippen LogP contribution >= 0.6 is 0 Å². The molecule has 1 amide bonds. The number of benzene rings is 1. The summed E-state index contributed by atoms with van der Waals surface area (Å²) in [6, 6.07) is 4.95. The fraction of sp³-hybridized carbons (Fsp3) is 0.333. The molecule has 1 aliphatic heterocycles. The number of fused-ring (bicyclic) bond motifs is 1. The molecule has 0 spiro atoms. The highest BCUT2D eigenvalue weighted by Gasteiger charge is 2.31. The number of ether oxygens (including phenoxy) is 2. The third-order valence-electron chi connectivity index (χ3n) is 2.71. The molecule has 88 valence electrons. The minimum Gasteiger partial charge on any atom is -0.482 e. The first kappa shape index (κ1) is 10.1. The van der Waals surface area contributed by atoms with E-state index in [9.17, 15) is 9.59 Å². The number of carbonyl (C=O) groups excluding carboxylic acids is 2. The summed E-state index contributed by atoms with van der Waals surface area (Å²) in [6.45, 7) is 0.0220. The van der Waals surface area contributed by atoms with Crippen molar-refractivity contribution in [1.29, 1.82) is 0 Å². The smallest absolute Gasteiger partial charge is 0.314 e. The lowest BCUT2D eigenvalue weighted by atomic mass is 10.2. The average molecular weight is 233 g/mol. The molecule has 1 aromatic rings. The van der Waals surface area contributed by atoms with Gasteiger partial charge in [-0.25, -0.2) is 0 Å². The quantitative estimate of drug-likeness (QED) is 0.618. The molecule has 0 saturated heterocycles. The minimum absolute atomic E-state index is 0.0220. The fourth-order valence-electron chi connectivity index (χ4n) is 1.64. The van der Waals surface area contributed by atoms with Crippen LogP contribution in [0.25, 0.3) is 0 Å². The van der Waals surface area contributed by atoms with Gasteiger partial charge < -0.3 is 14.8 Å². The average Bonchev–Trinajstić information content (AvgIpc) is 3.12. The second-order valence-corrected chi connectivity index (χ2v) is 4.19. The molecule has 1 saturated carbocycles. The maximum Gasteiger partial charge on any atom is 0.314 e. The number of hydrogen-bond donors (Lipinski definition) is 1. The van der Waals surface area contributed by atoms with Crippen molar-refractivity contribution in [3.8, 4) is 11.5 Å². The van der Waals surface area contributed by atoms with Crippen molar-refractivity contribution >= 4 is 17.6 Å². The Morgan fingerprint density at radius 3 is 3.00 bits per heavy atom. The highest BCUT2D eigenvalue weighted by atomic mass is 16.5. The lowest BCUT2D eigenvalue weighted by Gasteiger charge is -2.18. The third kappa shape index (κ3) is 2.08. The number of carbonyl (C=O) groups is 2. The number of nitrogens with one attached hydrogen (secondary N) is 1. The number of esters is 1. The maximum atomic E-state index is 11.5. The summed E-state index contributed by atoms with van der Waals surface area (Å²) < 4.78 is 10.4. The lowest BCUT2D eigenvalue weighted by molar-refractivity contribution is -0.135. The Morgan fingerprint density at radius 2 is 2.24 bits per heavy atom. The number of hydrogen-bond acceptors (Lipinski definition) is 4. The minimum atomic E-state index is -0.205. The van der Waals surface area contributed by atoms with E-state index in [2.05, 4.69) is 5.32 Å². The van der Waals surface area contributed by atoms with Gasteiger partial charge >= 0.3 is 5.97 Å². The van der Waals surface area contributed by atoms with E-state index in [0.717, 1.165) is 12.8 Å². The lowest BCUT2D eigenvalue weighted by Crippen LogP contribution is -2.25. The van der Waals surface area contributed by atoms with Crippen LogP contribution in [0.5, 0.6) is 11.5 Å². The van der Waals surface area contributed by atoms with E-state index in [1.807, 2.05) is 0 Å². The maximum absolute atomic E-state index is 11.5. The van der Waals surface area contributed by atoms with Gasteiger partial charge in [0.2, 0.25) is 0 Å². The van der Waals surface area contributed by atoms with Gasteiger partial charge in [-0.15, -0.1) is 0 Å². The van der Waals surface area contributed by atoms with E-state index in [1.165, 1.54) is 0 Å². The molecule has 3 rings (SSSR count). The van der Waals surface area contributed by atoms with Crippen LogP contribution in [0, 0.1) is 5.92 Å².